The summed E-state index contributed by atoms with van der Waals surface area (Å²) in [6.45, 7) is 4.45. The van der Waals surface area contributed by atoms with Gasteiger partial charge in [-0.2, -0.15) is 0 Å². The van der Waals surface area contributed by atoms with Gasteiger partial charge >= 0.3 is 0 Å². The van der Waals surface area contributed by atoms with Gasteiger partial charge < -0.3 is 21.4 Å². The van der Waals surface area contributed by atoms with Crippen molar-refractivity contribution in [2.45, 2.75) is 52.0 Å². The van der Waals surface area contributed by atoms with Crippen LogP contribution in [0.4, 0.5) is 0 Å². The number of nitrogens with two attached hydrogens (primary N) is 1. The molecule has 1 unspecified atom stereocenters. The second-order valence-electron chi connectivity index (χ2n) is 8.83. The highest BCUT2D eigenvalue weighted by atomic mass is 79.9. The lowest BCUT2D eigenvalue weighted by molar-refractivity contribution is -0.129. The molecule has 0 aliphatic heterocycles. The molecule has 168 valence electrons. The maximum atomic E-state index is 12.5. The fraction of sp³-hybridized carbons (Fsp3) is 0.522. The van der Waals surface area contributed by atoms with Crippen molar-refractivity contribution in [2.75, 3.05) is 6.54 Å². The molecular weight excluding hydrogens is 460 g/mol. The highest BCUT2D eigenvalue weighted by molar-refractivity contribution is 9.10. The van der Waals surface area contributed by atoms with Gasteiger partial charge in [0.15, 0.2) is 0 Å². The fourth-order valence-electron chi connectivity index (χ4n) is 4.29. The molecule has 0 spiro atoms. The number of aromatic nitrogens is 1. The highest BCUT2D eigenvalue weighted by Crippen LogP contribution is 2.33. The van der Waals surface area contributed by atoms with E-state index in [-0.39, 0.29) is 30.7 Å². The number of primary amides is 1. The number of benzene rings is 1. The zero-order valence-corrected chi connectivity index (χ0v) is 19.6. The van der Waals surface area contributed by atoms with E-state index in [1.165, 1.54) is 0 Å². The second kappa shape index (κ2) is 10.3. The van der Waals surface area contributed by atoms with Crippen LogP contribution in [-0.4, -0.2) is 35.3 Å². The van der Waals surface area contributed by atoms with Gasteiger partial charge in [0.2, 0.25) is 17.7 Å². The summed E-state index contributed by atoms with van der Waals surface area (Å²) in [6, 6.07) is 6.76. The van der Waals surface area contributed by atoms with Gasteiger partial charge in [-0.25, -0.2) is 0 Å². The SMILES string of the molecule is CC(C)C1CCC(C(=O)NCC(NC(=O)Cc2cc3cc(Br)ccc3[nH]2)C(N)=O)CC1. The molecule has 1 saturated carbocycles. The Morgan fingerprint density at radius 1 is 1.16 bits per heavy atom. The molecule has 0 radical (unpaired) electrons. The number of hydrogen-bond acceptors (Lipinski definition) is 3. The molecule has 0 saturated heterocycles. The third kappa shape index (κ3) is 6.32. The van der Waals surface area contributed by atoms with Crippen molar-refractivity contribution < 1.29 is 14.4 Å². The van der Waals surface area contributed by atoms with Crippen molar-refractivity contribution >= 4 is 44.6 Å². The number of amides is 3. The molecule has 3 amide bonds. The summed E-state index contributed by atoms with van der Waals surface area (Å²) in [5.41, 5.74) is 7.12. The van der Waals surface area contributed by atoms with E-state index in [0.29, 0.717) is 11.8 Å². The Hall–Kier alpha value is -2.35. The van der Waals surface area contributed by atoms with Crippen molar-refractivity contribution in [1.82, 2.24) is 15.6 Å². The Bertz CT molecular complexity index is 947. The van der Waals surface area contributed by atoms with Crippen LogP contribution >= 0.6 is 15.9 Å². The number of carbonyl (C=O) groups excluding carboxylic acids is 3. The van der Waals surface area contributed by atoms with E-state index >= 15 is 0 Å². The van der Waals surface area contributed by atoms with E-state index in [2.05, 4.69) is 45.4 Å². The summed E-state index contributed by atoms with van der Waals surface area (Å²) in [4.78, 5) is 40.0. The first kappa shape index (κ1) is 23.3. The van der Waals surface area contributed by atoms with Gasteiger partial charge in [0.25, 0.3) is 0 Å². The lowest BCUT2D eigenvalue weighted by Gasteiger charge is -2.30. The Labute approximate surface area is 191 Å². The molecule has 5 N–H and O–H groups in total. The fourth-order valence-corrected chi connectivity index (χ4v) is 4.67. The van der Waals surface area contributed by atoms with E-state index in [9.17, 15) is 14.4 Å². The van der Waals surface area contributed by atoms with Crippen LogP contribution in [0.3, 0.4) is 0 Å². The Morgan fingerprint density at radius 2 is 1.87 bits per heavy atom. The van der Waals surface area contributed by atoms with E-state index in [1.807, 2.05) is 24.3 Å². The quantitative estimate of drug-likeness (QED) is 0.455. The van der Waals surface area contributed by atoms with Crippen LogP contribution in [0.5, 0.6) is 0 Å². The van der Waals surface area contributed by atoms with Gasteiger partial charge in [-0.15, -0.1) is 0 Å². The summed E-state index contributed by atoms with van der Waals surface area (Å²) in [5.74, 6) is 0.206. The molecule has 3 rings (SSSR count). The summed E-state index contributed by atoms with van der Waals surface area (Å²) in [5, 5.41) is 6.44. The molecule has 1 fully saturated rings. The van der Waals surface area contributed by atoms with Crippen LogP contribution in [0.25, 0.3) is 10.9 Å². The van der Waals surface area contributed by atoms with Gasteiger partial charge in [0.05, 0.1) is 6.42 Å². The first-order chi connectivity index (χ1) is 14.7. The van der Waals surface area contributed by atoms with E-state index < -0.39 is 11.9 Å². The lowest BCUT2D eigenvalue weighted by atomic mass is 9.77. The van der Waals surface area contributed by atoms with Crippen LogP contribution in [-0.2, 0) is 20.8 Å². The van der Waals surface area contributed by atoms with E-state index in [1.54, 1.807) is 0 Å². The molecule has 7 nitrogen and oxygen atoms in total. The summed E-state index contributed by atoms with van der Waals surface area (Å²) in [7, 11) is 0. The van der Waals surface area contributed by atoms with Gasteiger partial charge in [-0.05, 0) is 61.8 Å². The van der Waals surface area contributed by atoms with Crippen molar-refractivity contribution in [3.05, 3.63) is 34.4 Å². The maximum Gasteiger partial charge on any atom is 0.241 e. The summed E-state index contributed by atoms with van der Waals surface area (Å²) < 4.78 is 0.956. The number of fused-ring (bicyclic) bond motifs is 1. The normalized spacial score (nSPS) is 19.9. The molecule has 1 aromatic carbocycles. The van der Waals surface area contributed by atoms with E-state index in [0.717, 1.165) is 46.8 Å². The summed E-state index contributed by atoms with van der Waals surface area (Å²) in [6.07, 6.45) is 3.90. The minimum Gasteiger partial charge on any atom is -0.368 e. The minimum atomic E-state index is -0.943. The number of H-pyrrole nitrogens is 1. The molecule has 1 aromatic heterocycles. The molecule has 0 bridgehead atoms. The Kier molecular flexibility index (Phi) is 7.75. The molecule has 1 heterocycles. The predicted molar refractivity (Wildman–Crippen MR) is 124 cm³/mol. The van der Waals surface area contributed by atoms with Crippen LogP contribution in [0.2, 0.25) is 0 Å². The average molecular weight is 491 g/mol. The topological polar surface area (TPSA) is 117 Å². The van der Waals surface area contributed by atoms with Crippen molar-refractivity contribution in [2.24, 2.45) is 23.5 Å². The smallest absolute Gasteiger partial charge is 0.241 e. The number of hydrogen-bond donors (Lipinski definition) is 4. The van der Waals surface area contributed by atoms with Crippen molar-refractivity contribution in [3.63, 3.8) is 0 Å². The maximum absolute atomic E-state index is 12.5. The third-order valence-electron chi connectivity index (χ3n) is 6.23. The Morgan fingerprint density at radius 3 is 2.52 bits per heavy atom. The van der Waals surface area contributed by atoms with Gasteiger partial charge in [-0.1, -0.05) is 29.8 Å². The van der Waals surface area contributed by atoms with Crippen molar-refractivity contribution in [3.8, 4) is 0 Å². The minimum absolute atomic E-state index is 0.00364. The first-order valence-electron chi connectivity index (χ1n) is 10.9. The number of nitrogens with one attached hydrogen (secondary N) is 3. The van der Waals surface area contributed by atoms with E-state index in [4.69, 9.17) is 5.73 Å². The van der Waals surface area contributed by atoms with Gasteiger partial charge in [-0.3, -0.25) is 14.4 Å². The summed E-state index contributed by atoms with van der Waals surface area (Å²) >= 11 is 3.43. The largest absolute Gasteiger partial charge is 0.368 e. The zero-order chi connectivity index (χ0) is 22.5. The first-order valence-corrected chi connectivity index (χ1v) is 11.7. The lowest BCUT2D eigenvalue weighted by Crippen LogP contribution is -2.52. The molecule has 1 aliphatic rings. The standard InChI is InChI=1S/C23H31BrN4O3/c1-13(2)14-3-5-15(6-4-14)23(31)26-12-20(22(25)30)28-21(29)11-18-10-16-9-17(24)7-8-19(16)27-18/h7-10,13-15,20,27H,3-6,11-12H2,1-2H3,(H2,25,30)(H,26,31)(H,28,29). The average Bonchev–Trinajstić information content (AvgIpc) is 3.11. The van der Waals surface area contributed by atoms with Gasteiger partial charge in [0.1, 0.15) is 6.04 Å². The molecular formula is C23H31BrN4O3. The monoisotopic (exact) mass is 490 g/mol. The van der Waals surface area contributed by atoms with Crippen LogP contribution in [0, 0.1) is 17.8 Å². The predicted octanol–water partition coefficient (Wildman–Crippen LogP) is 3.02. The molecule has 31 heavy (non-hydrogen) atoms. The molecule has 1 atom stereocenters. The van der Waals surface area contributed by atoms with Crippen LogP contribution < -0.4 is 16.4 Å². The zero-order valence-electron chi connectivity index (χ0n) is 18.0. The number of rotatable bonds is 8. The molecule has 2 aromatic rings. The number of halogens is 1. The second-order valence-corrected chi connectivity index (χ2v) is 9.74. The van der Waals surface area contributed by atoms with Crippen LogP contribution in [0.1, 0.15) is 45.2 Å². The Balaban J connectivity index is 1.50. The third-order valence-corrected chi connectivity index (χ3v) is 6.73. The molecule has 8 heteroatoms. The molecule has 1 aliphatic carbocycles. The van der Waals surface area contributed by atoms with Gasteiger partial charge in [0, 0.05) is 33.5 Å². The number of aromatic amines is 1. The van der Waals surface area contributed by atoms with Crippen molar-refractivity contribution in [1.29, 1.82) is 0 Å². The highest BCUT2D eigenvalue weighted by Gasteiger charge is 2.28. The number of carbonyl (C=O) groups is 3. The van der Waals surface area contributed by atoms with Crippen LogP contribution in [0.15, 0.2) is 28.7 Å².